The average Bonchev–Trinajstić information content (AvgIpc) is 2.39. The lowest BCUT2D eigenvalue weighted by Gasteiger charge is -2.04. The third-order valence-corrected chi connectivity index (χ3v) is 3.05. The highest BCUT2D eigenvalue weighted by atomic mass is 14.8. The standard InChI is InChI=1S/C16H34N2/c1-3-5-7-10-14-18-16-12-9-8-11-15-17-13-6-4-2/h7,10,17-18H,3-6,8-9,11-16H2,1-2H3/b10-7-. The first-order chi connectivity index (χ1) is 8.91. The van der Waals surface area contributed by atoms with E-state index in [4.69, 9.17) is 0 Å². The number of allylic oxidation sites excluding steroid dienone is 1. The Bertz CT molecular complexity index is 166. The summed E-state index contributed by atoms with van der Waals surface area (Å²) in [6, 6.07) is 0. The van der Waals surface area contributed by atoms with Crippen LogP contribution in [0.15, 0.2) is 12.2 Å². The van der Waals surface area contributed by atoms with Crippen LogP contribution in [-0.4, -0.2) is 26.2 Å². The minimum Gasteiger partial charge on any atom is -0.317 e. The van der Waals surface area contributed by atoms with Crippen molar-refractivity contribution < 1.29 is 0 Å². The second-order valence-corrected chi connectivity index (χ2v) is 4.98. The predicted octanol–water partition coefficient (Wildman–Crippen LogP) is 3.88. The Labute approximate surface area is 115 Å². The molecule has 0 amide bonds. The van der Waals surface area contributed by atoms with Crippen LogP contribution in [0, 0.1) is 0 Å². The molecule has 0 bridgehead atoms. The van der Waals surface area contributed by atoms with Gasteiger partial charge in [0.15, 0.2) is 0 Å². The molecule has 2 nitrogen and oxygen atoms in total. The maximum atomic E-state index is 3.49. The van der Waals surface area contributed by atoms with Crippen LogP contribution in [0.2, 0.25) is 0 Å². The van der Waals surface area contributed by atoms with Crippen molar-refractivity contribution in [3.8, 4) is 0 Å². The number of nitrogens with one attached hydrogen (secondary N) is 2. The van der Waals surface area contributed by atoms with Gasteiger partial charge >= 0.3 is 0 Å². The molecule has 0 aromatic heterocycles. The fourth-order valence-corrected chi connectivity index (χ4v) is 1.83. The van der Waals surface area contributed by atoms with Gasteiger partial charge in [0.2, 0.25) is 0 Å². The summed E-state index contributed by atoms with van der Waals surface area (Å²) in [4.78, 5) is 0. The normalized spacial score (nSPS) is 11.4. The Hall–Kier alpha value is -0.340. The van der Waals surface area contributed by atoms with Crippen LogP contribution in [0.25, 0.3) is 0 Å². The molecule has 0 spiro atoms. The van der Waals surface area contributed by atoms with Crippen molar-refractivity contribution in [2.24, 2.45) is 0 Å². The molecule has 0 aliphatic rings. The molecule has 0 aliphatic carbocycles. The Morgan fingerprint density at radius 2 is 1.33 bits per heavy atom. The van der Waals surface area contributed by atoms with Gasteiger partial charge in [0, 0.05) is 6.54 Å². The number of hydrogen-bond donors (Lipinski definition) is 2. The molecule has 0 aliphatic heterocycles. The van der Waals surface area contributed by atoms with Crippen LogP contribution in [0.5, 0.6) is 0 Å². The molecule has 0 fully saturated rings. The summed E-state index contributed by atoms with van der Waals surface area (Å²) in [6.07, 6.45) is 15.0. The molecule has 0 aromatic rings. The Balaban J connectivity index is 2.94. The van der Waals surface area contributed by atoms with Gasteiger partial charge in [-0.1, -0.05) is 51.7 Å². The smallest absolute Gasteiger partial charge is 0.0134 e. The van der Waals surface area contributed by atoms with E-state index in [1.807, 2.05) is 0 Å². The quantitative estimate of drug-likeness (QED) is 0.363. The summed E-state index contributed by atoms with van der Waals surface area (Å²) in [6.45, 7) is 9.06. The maximum absolute atomic E-state index is 3.49. The highest BCUT2D eigenvalue weighted by Gasteiger charge is 1.90. The lowest BCUT2D eigenvalue weighted by Crippen LogP contribution is -2.17. The molecule has 2 heteroatoms. The Morgan fingerprint density at radius 3 is 2.00 bits per heavy atom. The van der Waals surface area contributed by atoms with Gasteiger partial charge in [-0.2, -0.15) is 0 Å². The first kappa shape index (κ1) is 17.7. The lowest BCUT2D eigenvalue weighted by atomic mass is 10.2. The first-order valence-electron chi connectivity index (χ1n) is 7.98. The fourth-order valence-electron chi connectivity index (χ4n) is 1.83. The van der Waals surface area contributed by atoms with Crippen LogP contribution in [-0.2, 0) is 0 Å². The Morgan fingerprint density at radius 1 is 0.667 bits per heavy atom. The van der Waals surface area contributed by atoms with Crippen molar-refractivity contribution in [2.45, 2.75) is 65.2 Å². The number of rotatable bonds is 14. The highest BCUT2D eigenvalue weighted by Crippen LogP contribution is 1.98. The molecular formula is C16H34N2. The molecule has 0 atom stereocenters. The van der Waals surface area contributed by atoms with Crippen LogP contribution >= 0.6 is 0 Å². The summed E-state index contributed by atoms with van der Waals surface area (Å²) in [5.41, 5.74) is 0. The van der Waals surface area contributed by atoms with Gasteiger partial charge in [-0.3, -0.25) is 0 Å². The fraction of sp³-hybridized carbons (Fsp3) is 0.875. The summed E-state index contributed by atoms with van der Waals surface area (Å²) < 4.78 is 0. The van der Waals surface area contributed by atoms with E-state index in [1.165, 1.54) is 71.0 Å². The van der Waals surface area contributed by atoms with Crippen molar-refractivity contribution in [1.82, 2.24) is 10.6 Å². The van der Waals surface area contributed by atoms with Crippen molar-refractivity contribution in [3.63, 3.8) is 0 Å². The van der Waals surface area contributed by atoms with E-state index in [0.717, 1.165) is 6.54 Å². The van der Waals surface area contributed by atoms with E-state index in [-0.39, 0.29) is 0 Å². The van der Waals surface area contributed by atoms with E-state index < -0.39 is 0 Å². The second kappa shape index (κ2) is 16.7. The molecule has 0 unspecified atom stereocenters. The molecule has 18 heavy (non-hydrogen) atoms. The molecule has 0 heterocycles. The van der Waals surface area contributed by atoms with Crippen LogP contribution in [0.1, 0.15) is 65.2 Å². The molecule has 0 rings (SSSR count). The summed E-state index contributed by atoms with van der Waals surface area (Å²) in [7, 11) is 0. The van der Waals surface area contributed by atoms with Crippen LogP contribution in [0.3, 0.4) is 0 Å². The van der Waals surface area contributed by atoms with Crippen molar-refractivity contribution in [3.05, 3.63) is 12.2 Å². The van der Waals surface area contributed by atoms with E-state index in [9.17, 15) is 0 Å². The third-order valence-electron chi connectivity index (χ3n) is 3.05. The largest absolute Gasteiger partial charge is 0.317 e. The summed E-state index contributed by atoms with van der Waals surface area (Å²) in [5, 5.41) is 6.95. The summed E-state index contributed by atoms with van der Waals surface area (Å²) >= 11 is 0. The topological polar surface area (TPSA) is 24.1 Å². The molecule has 0 radical (unpaired) electrons. The monoisotopic (exact) mass is 254 g/mol. The maximum Gasteiger partial charge on any atom is 0.0134 e. The molecule has 2 N–H and O–H groups in total. The minimum atomic E-state index is 1.04. The highest BCUT2D eigenvalue weighted by molar-refractivity contribution is 4.82. The molecule has 0 saturated carbocycles. The van der Waals surface area contributed by atoms with Crippen molar-refractivity contribution in [1.29, 1.82) is 0 Å². The average molecular weight is 254 g/mol. The van der Waals surface area contributed by atoms with Gasteiger partial charge in [0.25, 0.3) is 0 Å². The molecule has 0 aromatic carbocycles. The zero-order valence-electron chi connectivity index (χ0n) is 12.6. The lowest BCUT2D eigenvalue weighted by molar-refractivity contribution is 0.563. The molecule has 108 valence electrons. The predicted molar refractivity (Wildman–Crippen MR) is 83.2 cm³/mol. The zero-order valence-corrected chi connectivity index (χ0v) is 12.6. The van der Waals surface area contributed by atoms with Gasteiger partial charge < -0.3 is 10.6 Å². The van der Waals surface area contributed by atoms with Crippen LogP contribution in [0.4, 0.5) is 0 Å². The van der Waals surface area contributed by atoms with E-state index >= 15 is 0 Å². The number of hydrogen-bond acceptors (Lipinski definition) is 2. The van der Waals surface area contributed by atoms with Crippen LogP contribution < -0.4 is 10.6 Å². The van der Waals surface area contributed by atoms with Gasteiger partial charge in [-0.25, -0.2) is 0 Å². The van der Waals surface area contributed by atoms with E-state index in [0.29, 0.717) is 0 Å². The van der Waals surface area contributed by atoms with E-state index in [1.54, 1.807) is 0 Å². The first-order valence-corrected chi connectivity index (χ1v) is 7.98. The number of unbranched alkanes of at least 4 members (excludes halogenated alkanes) is 5. The molecular weight excluding hydrogens is 220 g/mol. The minimum absolute atomic E-state index is 1.04. The van der Waals surface area contributed by atoms with Crippen molar-refractivity contribution >= 4 is 0 Å². The van der Waals surface area contributed by atoms with Gasteiger partial charge in [0.1, 0.15) is 0 Å². The second-order valence-electron chi connectivity index (χ2n) is 4.98. The molecule has 0 saturated heterocycles. The van der Waals surface area contributed by atoms with E-state index in [2.05, 4.69) is 36.6 Å². The van der Waals surface area contributed by atoms with Gasteiger partial charge in [-0.05, 0) is 45.3 Å². The van der Waals surface area contributed by atoms with Gasteiger partial charge in [-0.15, -0.1) is 0 Å². The third kappa shape index (κ3) is 15.7. The Kier molecular flexibility index (Phi) is 16.3. The SMILES string of the molecule is CCC/C=C\CNCCCCCCNCCCC. The summed E-state index contributed by atoms with van der Waals surface area (Å²) in [5.74, 6) is 0. The van der Waals surface area contributed by atoms with Crippen molar-refractivity contribution in [2.75, 3.05) is 26.2 Å². The van der Waals surface area contributed by atoms with Gasteiger partial charge in [0.05, 0.1) is 0 Å². The zero-order chi connectivity index (χ0) is 13.3.